The highest BCUT2D eigenvalue weighted by molar-refractivity contribution is 7.98. The van der Waals surface area contributed by atoms with Gasteiger partial charge in [-0.2, -0.15) is 24.4 Å². The third-order valence-corrected chi connectivity index (χ3v) is 15.1. The highest BCUT2D eigenvalue weighted by Crippen LogP contribution is 2.15. The molecule has 0 aromatic heterocycles. The van der Waals surface area contributed by atoms with E-state index in [-0.39, 0.29) is 108 Å². The molecule has 0 saturated carbocycles. The van der Waals surface area contributed by atoms with Crippen LogP contribution in [0.15, 0.2) is 9.98 Å². The van der Waals surface area contributed by atoms with Crippen LogP contribution in [0.1, 0.15) is 144 Å². The van der Waals surface area contributed by atoms with Crippen molar-refractivity contribution in [3.8, 4) is 0 Å². The van der Waals surface area contributed by atoms with Crippen LogP contribution >= 0.6 is 24.4 Å². The van der Waals surface area contributed by atoms with Crippen molar-refractivity contribution in [2.45, 2.75) is 205 Å². The van der Waals surface area contributed by atoms with Gasteiger partial charge >= 0.3 is 5.97 Å². The number of hydrogen-bond acceptors (Lipinski definition) is 18. The number of aliphatic imine (C=N–C) groups is 2. The molecule has 0 aliphatic carbocycles. The summed E-state index contributed by atoms with van der Waals surface area (Å²) >= 11 is 5.50. The number of unbranched alkanes of at least 4 members (excludes halogenated alkanes) is 3. The normalized spacial score (nSPS) is 15.0. The highest BCUT2D eigenvalue weighted by atomic mass is 32.2. The molecular formula is C55H107N19O11S2. The van der Waals surface area contributed by atoms with Crippen LogP contribution in [0.25, 0.3) is 0 Å². The lowest BCUT2D eigenvalue weighted by atomic mass is 9.96. The molecule has 0 unspecified atom stereocenters. The van der Waals surface area contributed by atoms with Crippen LogP contribution in [-0.4, -0.2) is 187 Å². The smallest absolute Gasteiger partial charge is 0.326 e. The molecule has 0 radical (unpaired) electrons. The van der Waals surface area contributed by atoms with Crippen molar-refractivity contribution < 1.29 is 53.1 Å². The Bertz CT molecular complexity index is 2190. The SMILES string of the molecule is CC[C@H](C)[C@H](NC(=O)[C@H](CC(C)C)NC(=O)[C@@H](N)CS)C(=O)N[C@@H](CCSC)C(=O)N[C@@H](CCCCN)C(=O)N[C@H](C(=O)N[C@@H](CCCN=C(N)N)C(=O)N[C@@H](CCCN=C(N)N)C(=O)N[C@@H](CCCCN)C(=O)N[C@@H](CCCCN)C(=O)O)C(C)C. The molecule has 0 aliphatic rings. The summed E-state index contributed by atoms with van der Waals surface area (Å²) in [5.41, 5.74) is 45.3. The second kappa shape index (κ2) is 46.0. The monoisotopic (exact) mass is 1270 g/mol. The number of hydrogen-bond donors (Lipinski definition) is 19. The van der Waals surface area contributed by atoms with Crippen LogP contribution in [0.5, 0.6) is 0 Å². The number of carbonyl (C=O) groups is 10. The number of carbonyl (C=O) groups excluding carboxylic acids is 9. The lowest BCUT2D eigenvalue weighted by Crippen LogP contribution is -2.61. The first-order valence-corrected chi connectivity index (χ1v) is 32.2. The average Bonchev–Trinajstić information content (AvgIpc) is 2.83. The van der Waals surface area contributed by atoms with Crippen LogP contribution in [-0.2, 0) is 47.9 Å². The summed E-state index contributed by atoms with van der Waals surface area (Å²) in [5, 5.41) is 34.3. The van der Waals surface area contributed by atoms with E-state index in [1.54, 1.807) is 20.8 Å². The van der Waals surface area contributed by atoms with E-state index in [1.165, 1.54) is 11.8 Å². The first kappa shape index (κ1) is 80.8. The van der Waals surface area contributed by atoms with Crippen LogP contribution in [0.4, 0.5) is 0 Å². The van der Waals surface area contributed by atoms with E-state index in [1.807, 2.05) is 27.0 Å². The van der Waals surface area contributed by atoms with Gasteiger partial charge in [-0.3, -0.25) is 53.1 Å². The van der Waals surface area contributed by atoms with Gasteiger partial charge in [-0.05, 0) is 146 Å². The van der Waals surface area contributed by atoms with Gasteiger partial charge in [0.2, 0.25) is 53.2 Å². The van der Waals surface area contributed by atoms with Gasteiger partial charge in [-0.1, -0.05) is 48.0 Å². The van der Waals surface area contributed by atoms with E-state index in [0.717, 1.165) is 0 Å². The zero-order chi connectivity index (χ0) is 66.2. The van der Waals surface area contributed by atoms with E-state index in [4.69, 9.17) is 45.9 Å². The van der Waals surface area contributed by atoms with Crippen molar-refractivity contribution in [1.82, 2.24) is 47.9 Å². The van der Waals surface area contributed by atoms with Crippen molar-refractivity contribution in [2.75, 3.05) is 50.5 Å². The second-order valence-electron chi connectivity index (χ2n) is 22.3. The number of carboxylic acid groups (broad SMARTS) is 1. The molecule has 0 fully saturated rings. The first-order valence-electron chi connectivity index (χ1n) is 30.1. The Hall–Kier alpha value is -6.22. The Balaban J connectivity index is 7.12. The van der Waals surface area contributed by atoms with Crippen LogP contribution in [0.3, 0.4) is 0 Å². The number of amides is 9. The largest absolute Gasteiger partial charge is 0.480 e. The zero-order valence-corrected chi connectivity index (χ0v) is 53.9. The molecule has 32 heteroatoms. The first-order chi connectivity index (χ1) is 41.1. The quantitative estimate of drug-likeness (QED) is 0.0123. The number of nitrogens with zero attached hydrogens (tertiary/aromatic N) is 2. The lowest BCUT2D eigenvalue weighted by Gasteiger charge is -2.30. The van der Waals surface area contributed by atoms with E-state index < -0.39 is 131 Å². The summed E-state index contributed by atoms with van der Waals surface area (Å²) in [6.07, 6.45) is 5.50. The van der Waals surface area contributed by atoms with E-state index in [9.17, 15) is 53.1 Å². The summed E-state index contributed by atoms with van der Waals surface area (Å²) < 4.78 is 0. The summed E-state index contributed by atoms with van der Waals surface area (Å²) in [6.45, 7) is 11.5. The summed E-state index contributed by atoms with van der Waals surface area (Å²) in [5.74, 6) is -9.08. The fourth-order valence-corrected chi connectivity index (χ4v) is 9.38. The number of carboxylic acids is 1. The molecule has 9 amide bonds. The van der Waals surface area contributed by atoms with Crippen LogP contribution in [0, 0.1) is 17.8 Å². The Labute approximate surface area is 523 Å². The van der Waals surface area contributed by atoms with Crippen molar-refractivity contribution in [2.24, 2.45) is 73.6 Å². The molecule has 0 saturated heterocycles. The van der Waals surface area contributed by atoms with Gasteiger partial charge in [-0.25, -0.2) is 4.79 Å². The summed E-state index contributed by atoms with van der Waals surface area (Å²) in [6, 6.07) is -12.3. The average molecular weight is 1270 g/mol. The molecule has 0 aliphatic heterocycles. The van der Waals surface area contributed by atoms with E-state index in [0.29, 0.717) is 57.2 Å². The summed E-state index contributed by atoms with van der Waals surface area (Å²) in [7, 11) is 0. The molecule has 0 spiro atoms. The molecule has 500 valence electrons. The number of rotatable bonds is 48. The van der Waals surface area contributed by atoms with Crippen LogP contribution in [0.2, 0.25) is 0 Å². The second-order valence-corrected chi connectivity index (χ2v) is 23.7. The van der Waals surface area contributed by atoms with E-state index >= 15 is 0 Å². The van der Waals surface area contributed by atoms with Crippen molar-refractivity contribution in [3.63, 3.8) is 0 Å². The predicted molar refractivity (Wildman–Crippen MR) is 342 cm³/mol. The number of nitrogens with one attached hydrogen (secondary N) is 9. The standard InChI is InChI=1S/C55H107N19O11S2/c1-8-33(6)43(74-50(81)41(29-31(2)3)72-44(75)34(59)30-86)52(83)70-39(22-28-87-7)48(79)67-36(18-10-13-24-57)49(80)73-42(32(4)5)51(82)69-38(21-16-27-65-55(62)63)46(77)68-37(20-15-26-64-54(60)61)45(76)66-35(17-9-12-23-56)47(78)71-40(53(84)85)19-11-14-25-58/h31-43,86H,8-30,56-59H2,1-7H3,(H,66,76)(H,67,79)(H,68,77)(H,69,82)(H,70,83)(H,71,78)(H,72,75)(H,73,80)(H,74,81)(H,84,85)(H4,60,61,64)(H4,62,63,65)/t33-,34-,35-,36-,37-,38-,39-,40-,41-,42-,43-/m0/s1. The molecule has 26 N–H and O–H groups in total. The van der Waals surface area contributed by atoms with Gasteiger partial charge < -0.3 is 98.8 Å². The van der Waals surface area contributed by atoms with Gasteiger partial charge in [0.05, 0.1) is 6.04 Å². The van der Waals surface area contributed by atoms with Crippen molar-refractivity contribution >= 4 is 95.4 Å². The fourth-order valence-electron chi connectivity index (χ4n) is 8.74. The Morgan fingerprint density at radius 3 is 1.15 bits per heavy atom. The predicted octanol–water partition coefficient (Wildman–Crippen LogP) is -3.31. The number of nitrogens with two attached hydrogens (primary N) is 8. The molecule has 0 aromatic rings. The van der Waals surface area contributed by atoms with Gasteiger partial charge in [0.25, 0.3) is 0 Å². The number of thioether (sulfide) groups is 1. The molecule has 30 nitrogen and oxygen atoms in total. The highest BCUT2D eigenvalue weighted by Gasteiger charge is 2.37. The lowest BCUT2D eigenvalue weighted by molar-refractivity contribution is -0.142. The third-order valence-electron chi connectivity index (χ3n) is 14.0. The zero-order valence-electron chi connectivity index (χ0n) is 52.2. The fraction of sp³-hybridized carbons (Fsp3) is 0.782. The minimum absolute atomic E-state index is 0.0262. The Kier molecular flexibility index (Phi) is 42.7. The summed E-state index contributed by atoms with van der Waals surface area (Å²) in [4.78, 5) is 147. The molecule has 0 heterocycles. The molecule has 11 atom stereocenters. The Morgan fingerprint density at radius 1 is 0.460 bits per heavy atom. The van der Waals surface area contributed by atoms with Gasteiger partial charge in [0.15, 0.2) is 11.9 Å². The molecule has 87 heavy (non-hydrogen) atoms. The van der Waals surface area contributed by atoms with Crippen molar-refractivity contribution in [1.29, 1.82) is 0 Å². The molecule has 0 rings (SSSR count). The molecule has 0 bridgehead atoms. The maximum Gasteiger partial charge on any atom is 0.326 e. The van der Waals surface area contributed by atoms with E-state index in [2.05, 4.69) is 70.5 Å². The van der Waals surface area contributed by atoms with Crippen LogP contribution < -0.4 is 93.7 Å². The van der Waals surface area contributed by atoms with Gasteiger partial charge in [-0.15, -0.1) is 0 Å². The number of thiol groups is 1. The topological polar surface area (TPSA) is 532 Å². The Morgan fingerprint density at radius 2 is 0.793 bits per heavy atom. The number of aliphatic carboxylic acids is 1. The number of guanidine groups is 2. The minimum Gasteiger partial charge on any atom is -0.480 e. The van der Waals surface area contributed by atoms with Gasteiger partial charge in [0.1, 0.15) is 54.4 Å². The van der Waals surface area contributed by atoms with Gasteiger partial charge in [0, 0.05) is 18.8 Å². The maximum atomic E-state index is 14.5. The maximum absolute atomic E-state index is 14.5. The molecule has 0 aromatic carbocycles. The van der Waals surface area contributed by atoms with Crippen molar-refractivity contribution in [3.05, 3.63) is 0 Å². The third kappa shape index (κ3) is 34.2. The minimum atomic E-state index is -1.40. The molecular weight excluding hydrogens is 1170 g/mol.